The van der Waals surface area contributed by atoms with Crippen molar-refractivity contribution in [3.63, 3.8) is 0 Å². The van der Waals surface area contributed by atoms with Crippen molar-refractivity contribution >= 4 is 5.71 Å². The van der Waals surface area contributed by atoms with E-state index < -0.39 is 11.6 Å². The minimum atomic E-state index is -0.722. The van der Waals surface area contributed by atoms with Crippen molar-refractivity contribution in [1.29, 1.82) is 0 Å². The number of hydrogen-bond donors (Lipinski definition) is 1. The minimum absolute atomic E-state index is 0.00910. The molecule has 1 aliphatic rings. The lowest BCUT2D eigenvalue weighted by Gasteiger charge is -2.08. The Morgan fingerprint density at radius 2 is 1.85 bits per heavy atom. The predicted octanol–water partition coefficient (Wildman–Crippen LogP) is 5.68. The fourth-order valence-corrected chi connectivity index (χ4v) is 1.91. The van der Waals surface area contributed by atoms with Crippen molar-refractivity contribution in [3.05, 3.63) is 54.3 Å². The maximum Gasteiger partial charge on any atom is 0.167 e. The molecule has 5 heteroatoms. The highest BCUT2D eigenvalue weighted by Gasteiger charge is 2.04. The number of rotatable bonds is 5. The number of allylic oxidation sites excluding steroid dienone is 2. The van der Waals surface area contributed by atoms with Crippen molar-refractivity contribution in [1.82, 2.24) is 5.32 Å². The molecule has 0 spiro atoms. The summed E-state index contributed by atoms with van der Waals surface area (Å²) >= 11 is 0. The summed E-state index contributed by atoms with van der Waals surface area (Å²) in [6.45, 7) is 13.9. The largest absolute Gasteiger partial charge is 0.485 e. The zero-order valence-electron chi connectivity index (χ0n) is 16.4. The van der Waals surface area contributed by atoms with Crippen LogP contribution in [0.1, 0.15) is 47.0 Å². The quantitative estimate of drug-likeness (QED) is 0.537. The van der Waals surface area contributed by atoms with Gasteiger partial charge in [-0.3, -0.25) is 4.99 Å². The van der Waals surface area contributed by atoms with Crippen LogP contribution in [0.15, 0.2) is 47.6 Å². The van der Waals surface area contributed by atoms with Crippen LogP contribution in [0.5, 0.6) is 5.75 Å². The lowest BCUT2D eigenvalue weighted by atomic mass is 10.2. The number of benzene rings is 1. The van der Waals surface area contributed by atoms with Crippen LogP contribution in [0, 0.1) is 11.6 Å². The summed E-state index contributed by atoms with van der Waals surface area (Å²) in [6, 6.07) is 3.18. The van der Waals surface area contributed by atoms with Crippen LogP contribution < -0.4 is 10.1 Å². The highest BCUT2D eigenvalue weighted by molar-refractivity contribution is 5.83. The van der Waals surface area contributed by atoms with Crippen molar-refractivity contribution in [2.75, 3.05) is 19.7 Å². The van der Waals surface area contributed by atoms with Crippen LogP contribution in [-0.4, -0.2) is 25.4 Å². The second-order valence-corrected chi connectivity index (χ2v) is 5.70. The molecule has 0 radical (unpaired) electrons. The summed E-state index contributed by atoms with van der Waals surface area (Å²) in [6.07, 6.45) is 7.57. The lowest BCUT2D eigenvalue weighted by molar-refractivity contribution is 0.351. The molecular formula is C21H32F2N2O. The van der Waals surface area contributed by atoms with E-state index in [-0.39, 0.29) is 12.4 Å². The van der Waals surface area contributed by atoms with Gasteiger partial charge in [-0.15, -0.1) is 0 Å². The van der Waals surface area contributed by atoms with Crippen LogP contribution in [0.4, 0.5) is 8.78 Å². The van der Waals surface area contributed by atoms with E-state index in [1.807, 2.05) is 20.8 Å². The molecule has 0 unspecified atom stereocenters. The molecule has 1 N–H and O–H groups in total. The standard InChI is InChI=1S/C14H15F2NO.C5H11N.C2H6/c1-10(2)6-7-17-11(3)9-18-14-5-4-12(15)8-13(14)16;1-2-4-6-5-3-1;1-2/h4-8H,1,9H2,2-3H3;6H,1-5H2;1-2H3/b7-6-,17-11?;;. The van der Waals surface area contributed by atoms with E-state index in [9.17, 15) is 8.78 Å². The Bertz CT molecular complexity index is 568. The van der Waals surface area contributed by atoms with Gasteiger partial charge < -0.3 is 10.1 Å². The van der Waals surface area contributed by atoms with Gasteiger partial charge in [-0.05, 0) is 58.0 Å². The molecule has 2 rings (SSSR count). The second-order valence-electron chi connectivity index (χ2n) is 5.70. The van der Waals surface area contributed by atoms with Gasteiger partial charge in [0.05, 0.1) is 5.71 Å². The third-order valence-electron chi connectivity index (χ3n) is 3.19. The van der Waals surface area contributed by atoms with E-state index in [1.54, 1.807) is 19.2 Å². The molecule has 0 atom stereocenters. The van der Waals surface area contributed by atoms with Crippen LogP contribution in [0.2, 0.25) is 0 Å². The highest BCUT2D eigenvalue weighted by Crippen LogP contribution is 2.17. The Labute approximate surface area is 156 Å². The van der Waals surface area contributed by atoms with Gasteiger partial charge in [0.25, 0.3) is 0 Å². The lowest BCUT2D eigenvalue weighted by Crippen LogP contribution is -2.21. The smallest absolute Gasteiger partial charge is 0.167 e. The average Bonchev–Trinajstić information content (AvgIpc) is 2.64. The van der Waals surface area contributed by atoms with E-state index in [0.717, 1.165) is 17.7 Å². The van der Waals surface area contributed by atoms with E-state index in [2.05, 4.69) is 16.9 Å². The molecule has 0 amide bonds. The maximum absolute atomic E-state index is 13.2. The van der Waals surface area contributed by atoms with Crippen LogP contribution in [0.3, 0.4) is 0 Å². The first-order valence-corrected chi connectivity index (χ1v) is 9.13. The topological polar surface area (TPSA) is 33.6 Å². The summed E-state index contributed by atoms with van der Waals surface area (Å²) in [5.74, 6) is -1.34. The van der Waals surface area contributed by atoms with Crippen molar-refractivity contribution in [2.24, 2.45) is 4.99 Å². The Morgan fingerprint density at radius 1 is 1.19 bits per heavy atom. The van der Waals surface area contributed by atoms with Crippen LogP contribution in [0.25, 0.3) is 0 Å². The fraction of sp³-hybridized carbons (Fsp3) is 0.476. The molecular weight excluding hydrogens is 334 g/mol. The normalized spacial score (nSPS) is 14.0. The summed E-state index contributed by atoms with van der Waals surface area (Å²) < 4.78 is 31.1. The molecule has 3 nitrogen and oxygen atoms in total. The molecule has 1 heterocycles. The molecule has 1 aromatic carbocycles. The second kappa shape index (κ2) is 15.3. The van der Waals surface area contributed by atoms with Crippen LogP contribution >= 0.6 is 0 Å². The summed E-state index contributed by atoms with van der Waals surface area (Å²) in [4.78, 5) is 4.08. The average molecular weight is 366 g/mol. The van der Waals surface area contributed by atoms with Crippen LogP contribution in [-0.2, 0) is 0 Å². The zero-order chi connectivity index (χ0) is 19.8. The van der Waals surface area contributed by atoms with E-state index in [1.165, 1.54) is 38.4 Å². The molecule has 146 valence electrons. The maximum atomic E-state index is 13.2. The molecule has 1 aromatic rings. The van der Waals surface area contributed by atoms with Gasteiger partial charge in [0.2, 0.25) is 0 Å². The first-order chi connectivity index (χ1) is 12.5. The molecule has 1 aliphatic heterocycles. The Balaban J connectivity index is 0.000000648. The van der Waals surface area contributed by atoms with Crippen molar-refractivity contribution < 1.29 is 13.5 Å². The molecule has 0 saturated carbocycles. The van der Waals surface area contributed by atoms with Gasteiger partial charge in [0.15, 0.2) is 11.6 Å². The summed E-state index contributed by atoms with van der Waals surface area (Å²) in [5.41, 5.74) is 1.56. The molecule has 0 bridgehead atoms. The summed E-state index contributed by atoms with van der Waals surface area (Å²) in [7, 11) is 0. The fourth-order valence-electron chi connectivity index (χ4n) is 1.91. The Morgan fingerprint density at radius 3 is 2.31 bits per heavy atom. The van der Waals surface area contributed by atoms with Crippen molar-refractivity contribution in [2.45, 2.75) is 47.0 Å². The molecule has 1 fully saturated rings. The highest BCUT2D eigenvalue weighted by atomic mass is 19.1. The molecule has 0 aromatic heterocycles. The molecule has 0 aliphatic carbocycles. The summed E-state index contributed by atoms with van der Waals surface area (Å²) in [5, 5.41) is 3.28. The van der Waals surface area contributed by atoms with Crippen molar-refractivity contribution in [3.8, 4) is 5.75 Å². The number of piperidine rings is 1. The Kier molecular flexibility index (Phi) is 14.1. The first-order valence-electron chi connectivity index (χ1n) is 9.13. The van der Waals surface area contributed by atoms with Gasteiger partial charge >= 0.3 is 0 Å². The number of aliphatic imine (C=N–C) groups is 1. The third-order valence-corrected chi connectivity index (χ3v) is 3.19. The first kappa shape index (κ1) is 24.0. The minimum Gasteiger partial charge on any atom is -0.485 e. The molecule has 26 heavy (non-hydrogen) atoms. The third kappa shape index (κ3) is 12.4. The van der Waals surface area contributed by atoms with Gasteiger partial charge in [0, 0.05) is 12.3 Å². The van der Waals surface area contributed by atoms with Gasteiger partial charge in [-0.1, -0.05) is 32.4 Å². The Hall–Kier alpha value is -2.01. The van der Waals surface area contributed by atoms with E-state index >= 15 is 0 Å². The number of nitrogens with one attached hydrogen (secondary N) is 1. The van der Waals surface area contributed by atoms with E-state index in [0.29, 0.717) is 5.71 Å². The predicted molar refractivity (Wildman–Crippen MR) is 107 cm³/mol. The number of nitrogens with zero attached hydrogens (tertiary/aromatic N) is 1. The van der Waals surface area contributed by atoms with Gasteiger partial charge in [-0.25, -0.2) is 8.78 Å². The zero-order valence-corrected chi connectivity index (χ0v) is 16.4. The van der Waals surface area contributed by atoms with E-state index in [4.69, 9.17) is 4.74 Å². The number of halogens is 2. The number of ether oxygens (including phenoxy) is 1. The monoisotopic (exact) mass is 366 g/mol. The number of hydrogen-bond acceptors (Lipinski definition) is 3. The SMILES string of the molecule is C1CCNCC1.C=C(C)/C=C\N=C(C)COc1ccc(F)cc1F.CC. The van der Waals surface area contributed by atoms with Gasteiger partial charge in [0.1, 0.15) is 12.4 Å². The van der Waals surface area contributed by atoms with Gasteiger partial charge in [-0.2, -0.15) is 0 Å². The molecule has 1 saturated heterocycles.